The van der Waals surface area contributed by atoms with Crippen LogP contribution in [0.5, 0.6) is 5.75 Å². The van der Waals surface area contributed by atoms with E-state index in [0.717, 1.165) is 9.87 Å². The molecule has 1 atom stereocenters. The highest BCUT2D eigenvalue weighted by atomic mass is 32.2. The number of anilines is 1. The molecular weight excluding hydrogens is 400 g/mol. The Bertz CT molecular complexity index is 1090. The number of hydrogen-bond acceptors (Lipinski definition) is 4. The van der Waals surface area contributed by atoms with Crippen LogP contribution in [0, 0.1) is 0 Å². The van der Waals surface area contributed by atoms with Crippen molar-refractivity contribution in [3.8, 4) is 5.75 Å². The number of nitrogens with zero attached hydrogens (tertiary/aromatic N) is 1. The number of sulfonamides is 1. The monoisotopic (exact) mass is 424 g/mol. The van der Waals surface area contributed by atoms with Crippen molar-refractivity contribution in [1.29, 1.82) is 0 Å². The van der Waals surface area contributed by atoms with Gasteiger partial charge in [-0.1, -0.05) is 54.6 Å². The first-order valence-electron chi connectivity index (χ1n) is 9.48. The van der Waals surface area contributed by atoms with Gasteiger partial charge in [-0.25, -0.2) is 8.42 Å². The number of methoxy groups -OCH3 is 1. The fraction of sp³-hybridized carbons (Fsp3) is 0.174. The maximum atomic E-state index is 13.3. The van der Waals surface area contributed by atoms with Crippen molar-refractivity contribution in [1.82, 2.24) is 5.32 Å². The number of benzene rings is 3. The van der Waals surface area contributed by atoms with Crippen molar-refractivity contribution >= 4 is 21.6 Å². The zero-order valence-corrected chi connectivity index (χ0v) is 17.7. The van der Waals surface area contributed by atoms with Gasteiger partial charge in [-0.2, -0.15) is 0 Å². The Hall–Kier alpha value is -3.32. The van der Waals surface area contributed by atoms with Crippen LogP contribution in [0.15, 0.2) is 89.8 Å². The fourth-order valence-corrected chi connectivity index (χ4v) is 4.48. The van der Waals surface area contributed by atoms with E-state index in [1.54, 1.807) is 42.5 Å². The van der Waals surface area contributed by atoms with Crippen molar-refractivity contribution in [2.45, 2.75) is 17.9 Å². The number of carbonyl (C=O) groups excluding carboxylic acids is 1. The number of amides is 1. The van der Waals surface area contributed by atoms with Crippen LogP contribution in [0.2, 0.25) is 0 Å². The Kier molecular flexibility index (Phi) is 6.74. The van der Waals surface area contributed by atoms with Gasteiger partial charge in [-0.3, -0.25) is 9.10 Å². The van der Waals surface area contributed by atoms with Crippen molar-refractivity contribution in [3.05, 3.63) is 90.5 Å². The predicted molar refractivity (Wildman–Crippen MR) is 117 cm³/mol. The van der Waals surface area contributed by atoms with E-state index in [-0.39, 0.29) is 17.5 Å². The van der Waals surface area contributed by atoms with Crippen LogP contribution < -0.4 is 14.4 Å². The molecule has 3 rings (SSSR count). The number of carbonyl (C=O) groups is 1. The summed E-state index contributed by atoms with van der Waals surface area (Å²) in [5.41, 5.74) is 1.28. The van der Waals surface area contributed by atoms with E-state index in [2.05, 4.69) is 5.32 Å². The Morgan fingerprint density at radius 2 is 1.60 bits per heavy atom. The van der Waals surface area contributed by atoms with Gasteiger partial charge in [0.2, 0.25) is 5.91 Å². The van der Waals surface area contributed by atoms with Crippen LogP contribution >= 0.6 is 0 Å². The van der Waals surface area contributed by atoms with E-state index in [1.165, 1.54) is 19.2 Å². The molecule has 0 aliphatic carbocycles. The summed E-state index contributed by atoms with van der Waals surface area (Å²) in [6, 6.07) is 23.9. The molecule has 0 bridgehead atoms. The first-order valence-corrected chi connectivity index (χ1v) is 10.9. The largest absolute Gasteiger partial charge is 0.497 e. The van der Waals surface area contributed by atoms with E-state index < -0.39 is 15.9 Å². The van der Waals surface area contributed by atoms with Crippen LogP contribution in [0.1, 0.15) is 18.5 Å². The third kappa shape index (κ3) is 4.99. The summed E-state index contributed by atoms with van der Waals surface area (Å²) in [6.45, 7) is 1.50. The van der Waals surface area contributed by atoms with Crippen LogP contribution in [-0.4, -0.2) is 28.0 Å². The van der Waals surface area contributed by atoms with Gasteiger partial charge in [0, 0.05) is 6.07 Å². The van der Waals surface area contributed by atoms with Crippen molar-refractivity contribution in [3.63, 3.8) is 0 Å². The first-order chi connectivity index (χ1) is 14.4. The van der Waals surface area contributed by atoms with E-state index in [1.807, 2.05) is 37.3 Å². The molecule has 6 nitrogen and oxygen atoms in total. The maximum Gasteiger partial charge on any atom is 0.264 e. The molecule has 3 aromatic carbocycles. The van der Waals surface area contributed by atoms with Crippen molar-refractivity contribution in [2.24, 2.45) is 0 Å². The van der Waals surface area contributed by atoms with Gasteiger partial charge >= 0.3 is 0 Å². The normalized spacial score (nSPS) is 12.1. The molecule has 0 spiro atoms. The molecule has 3 aromatic rings. The van der Waals surface area contributed by atoms with Gasteiger partial charge in [0.15, 0.2) is 0 Å². The average molecular weight is 425 g/mol. The second kappa shape index (κ2) is 9.45. The smallest absolute Gasteiger partial charge is 0.264 e. The summed E-state index contributed by atoms with van der Waals surface area (Å²) in [5, 5.41) is 2.87. The lowest BCUT2D eigenvalue weighted by atomic mass is 10.1. The highest BCUT2D eigenvalue weighted by Gasteiger charge is 2.27. The Balaban J connectivity index is 1.90. The number of nitrogens with one attached hydrogen (secondary N) is 1. The molecule has 0 fully saturated rings. The summed E-state index contributed by atoms with van der Waals surface area (Å²) in [7, 11) is -2.45. The van der Waals surface area contributed by atoms with Gasteiger partial charge < -0.3 is 10.1 Å². The molecule has 1 N–H and O–H groups in total. The maximum absolute atomic E-state index is 13.3. The summed E-state index contributed by atoms with van der Waals surface area (Å²) < 4.78 is 33.0. The molecule has 0 aromatic heterocycles. The van der Waals surface area contributed by atoms with Gasteiger partial charge in [-0.15, -0.1) is 0 Å². The molecule has 7 heteroatoms. The molecular formula is C23H24N2O4S. The van der Waals surface area contributed by atoms with Gasteiger partial charge in [0.25, 0.3) is 10.0 Å². The lowest BCUT2D eigenvalue weighted by Gasteiger charge is -2.25. The third-order valence-corrected chi connectivity index (χ3v) is 6.42. The molecule has 0 saturated carbocycles. The minimum atomic E-state index is -3.96. The van der Waals surface area contributed by atoms with Gasteiger partial charge in [-0.05, 0) is 36.8 Å². The van der Waals surface area contributed by atoms with E-state index in [4.69, 9.17) is 4.74 Å². The Morgan fingerprint density at radius 3 is 2.23 bits per heavy atom. The highest BCUT2D eigenvalue weighted by molar-refractivity contribution is 7.92. The number of ether oxygens (including phenoxy) is 1. The Morgan fingerprint density at radius 1 is 0.967 bits per heavy atom. The van der Waals surface area contributed by atoms with Crippen molar-refractivity contribution in [2.75, 3.05) is 18.0 Å². The first kappa shape index (κ1) is 21.4. The van der Waals surface area contributed by atoms with E-state index in [9.17, 15) is 13.2 Å². The summed E-state index contributed by atoms with van der Waals surface area (Å²) >= 11 is 0. The molecule has 156 valence electrons. The molecule has 0 aliphatic rings. The molecule has 1 amide bonds. The van der Waals surface area contributed by atoms with Crippen LogP contribution in [-0.2, 0) is 14.8 Å². The summed E-state index contributed by atoms with van der Waals surface area (Å²) in [5.74, 6) is 0.0903. The van der Waals surface area contributed by atoms with E-state index >= 15 is 0 Å². The predicted octanol–water partition coefficient (Wildman–Crippen LogP) is 3.77. The average Bonchev–Trinajstić information content (AvgIpc) is 2.78. The molecule has 0 heterocycles. The van der Waals surface area contributed by atoms with Crippen LogP contribution in [0.25, 0.3) is 0 Å². The SMILES string of the molecule is COc1cccc(N(CC(=O)N[C@@H](C)c2ccccc2)S(=O)(=O)c2ccccc2)c1. The highest BCUT2D eigenvalue weighted by Crippen LogP contribution is 2.27. The minimum absolute atomic E-state index is 0.108. The number of hydrogen-bond donors (Lipinski definition) is 1. The molecule has 0 unspecified atom stereocenters. The lowest BCUT2D eigenvalue weighted by molar-refractivity contribution is -0.120. The second-order valence-corrected chi connectivity index (χ2v) is 8.59. The van der Waals surface area contributed by atoms with Crippen LogP contribution in [0.3, 0.4) is 0 Å². The van der Waals surface area contributed by atoms with Gasteiger partial charge in [0.1, 0.15) is 12.3 Å². The van der Waals surface area contributed by atoms with Gasteiger partial charge in [0.05, 0.1) is 23.7 Å². The zero-order valence-electron chi connectivity index (χ0n) is 16.9. The molecule has 0 aliphatic heterocycles. The fourth-order valence-electron chi connectivity index (χ4n) is 3.04. The number of rotatable bonds is 8. The van der Waals surface area contributed by atoms with E-state index in [0.29, 0.717) is 11.4 Å². The second-order valence-electron chi connectivity index (χ2n) is 6.73. The Labute approximate surface area is 177 Å². The third-order valence-electron chi connectivity index (χ3n) is 4.64. The van der Waals surface area contributed by atoms with Crippen LogP contribution in [0.4, 0.5) is 5.69 Å². The minimum Gasteiger partial charge on any atom is -0.497 e. The quantitative estimate of drug-likeness (QED) is 0.597. The topological polar surface area (TPSA) is 75.7 Å². The molecule has 0 saturated heterocycles. The standard InChI is InChI=1S/C23H24N2O4S/c1-18(19-10-5-3-6-11-19)24-23(26)17-25(20-12-9-13-21(16-20)29-2)30(27,28)22-14-7-4-8-15-22/h3-16,18H,17H2,1-2H3,(H,24,26)/t18-/m0/s1. The lowest BCUT2D eigenvalue weighted by Crippen LogP contribution is -2.41. The summed E-state index contributed by atoms with van der Waals surface area (Å²) in [4.78, 5) is 12.9. The summed E-state index contributed by atoms with van der Waals surface area (Å²) in [6.07, 6.45) is 0. The molecule has 30 heavy (non-hydrogen) atoms. The molecule has 0 radical (unpaired) electrons. The zero-order chi connectivity index (χ0) is 21.6. The van der Waals surface area contributed by atoms with Crippen molar-refractivity contribution < 1.29 is 17.9 Å².